The Hall–Kier alpha value is -3.17. The van der Waals surface area contributed by atoms with Crippen molar-refractivity contribution in [1.82, 2.24) is 20.1 Å². The van der Waals surface area contributed by atoms with Gasteiger partial charge in [0.25, 0.3) is 5.91 Å². The van der Waals surface area contributed by atoms with Gasteiger partial charge in [0.2, 0.25) is 5.91 Å². The summed E-state index contributed by atoms with van der Waals surface area (Å²) in [5.74, 6) is -0.633. The number of carbonyl (C=O) groups excluding carboxylic acids is 2. The highest BCUT2D eigenvalue weighted by Gasteiger charge is 2.20. The van der Waals surface area contributed by atoms with Gasteiger partial charge in [-0.3, -0.25) is 9.59 Å². The molecule has 0 aliphatic heterocycles. The zero-order valence-corrected chi connectivity index (χ0v) is 18.8. The van der Waals surface area contributed by atoms with E-state index in [2.05, 4.69) is 27.4 Å². The molecule has 0 aliphatic rings. The standard InChI is InChI=1S/C22H21ClFN5O2S/c1-3-12-29-20(14(2)25-21(31)15-8-10-16(23)11-9-15)27-28-22(29)32-13-19(30)26-18-7-5-4-6-17(18)24/h3-11,14H,1,12-13H2,2H3,(H,25,31)(H,26,30)/t14-/m1/s1. The maximum absolute atomic E-state index is 13.7. The monoisotopic (exact) mass is 473 g/mol. The molecule has 0 unspecified atom stereocenters. The number of rotatable bonds is 9. The van der Waals surface area contributed by atoms with E-state index in [0.29, 0.717) is 28.1 Å². The largest absolute Gasteiger partial charge is 0.342 e. The van der Waals surface area contributed by atoms with E-state index in [1.807, 2.05) is 0 Å². The molecule has 0 saturated heterocycles. The van der Waals surface area contributed by atoms with Gasteiger partial charge in [-0.25, -0.2) is 4.39 Å². The van der Waals surface area contributed by atoms with Crippen LogP contribution in [0, 0.1) is 5.82 Å². The van der Waals surface area contributed by atoms with Crippen molar-refractivity contribution in [3.05, 3.63) is 83.4 Å². The topological polar surface area (TPSA) is 88.9 Å². The molecule has 2 aromatic carbocycles. The van der Waals surface area contributed by atoms with Crippen LogP contribution in [0.25, 0.3) is 0 Å². The Bertz CT molecular complexity index is 1120. The normalized spacial score (nSPS) is 11.6. The predicted molar refractivity (Wildman–Crippen MR) is 123 cm³/mol. The van der Waals surface area contributed by atoms with Gasteiger partial charge >= 0.3 is 0 Å². The van der Waals surface area contributed by atoms with Gasteiger partial charge < -0.3 is 15.2 Å². The Morgan fingerprint density at radius 1 is 1.22 bits per heavy atom. The summed E-state index contributed by atoms with van der Waals surface area (Å²) in [4.78, 5) is 24.7. The fraction of sp³-hybridized carbons (Fsp3) is 0.182. The molecule has 0 fully saturated rings. The van der Waals surface area contributed by atoms with Gasteiger partial charge in [-0.05, 0) is 43.3 Å². The fourth-order valence-corrected chi connectivity index (χ4v) is 3.73. The van der Waals surface area contributed by atoms with E-state index in [4.69, 9.17) is 11.6 Å². The maximum atomic E-state index is 13.7. The van der Waals surface area contributed by atoms with Crippen molar-refractivity contribution in [2.24, 2.45) is 0 Å². The van der Waals surface area contributed by atoms with Gasteiger partial charge in [0.05, 0.1) is 17.5 Å². The minimum atomic E-state index is -0.506. The number of nitrogens with zero attached hydrogens (tertiary/aromatic N) is 3. The second kappa shape index (κ2) is 10.9. The number of para-hydroxylation sites is 1. The zero-order valence-electron chi connectivity index (χ0n) is 17.2. The molecule has 2 N–H and O–H groups in total. The molecule has 3 aromatic rings. The van der Waals surface area contributed by atoms with Gasteiger partial charge in [-0.15, -0.1) is 16.8 Å². The number of halogens is 2. The van der Waals surface area contributed by atoms with E-state index in [0.717, 1.165) is 11.8 Å². The highest BCUT2D eigenvalue weighted by molar-refractivity contribution is 7.99. The molecule has 1 heterocycles. The lowest BCUT2D eigenvalue weighted by atomic mass is 10.2. The minimum absolute atomic E-state index is 0.00905. The number of amides is 2. The van der Waals surface area contributed by atoms with E-state index in [1.54, 1.807) is 54.0 Å². The summed E-state index contributed by atoms with van der Waals surface area (Å²) in [7, 11) is 0. The molecule has 32 heavy (non-hydrogen) atoms. The molecule has 10 heteroatoms. The average molecular weight is 474 g/mol. The van der Waals surface area contributed by atoms with Gasteiger partial charge in [0.15, 0.2) is 11.0 Å². The molecule has 0 radical (unpaired) electrons. The average Bonchev–Trinajstić information content (AvgIpc) is 3.17. The summed E-state index contributed by atoms with van der Waals surface area (Å²) in [6.45, 7) is 5.93. The van der Waals surface area contributed by atoms with E-state index < -0.39 is 11.9 Å². The lowest BCUT2D eigenvalue weighted by molar-refractivity contribution is -0.113. The summed E-state index contributed by atoms with van der Waals surface area (Å²) in [5.41, 5.74) is 0.584. The molecule has 0 spiro atoms. The van der Waals surface area contributed by atoms with Crippen molar-refractivity contribution in [3.8, 4) is 0 Å². The summed E-state index contributed by atoms with van der Waals surface area (Å²) in [5, 5.41) is 14.8. The number of allylic oxidation sites excluding steroid dienone is 1. The predicted octanol–water partition coefficient (Wildman–Crippen LogP) is 4.48. The first kappa shape index (κ1) is 23.5. The summed E-state index contributed by atoms with van der Waals surface area (Å²) >= 11 is 7.02. The highest BCUT2D eigenvalue weighted by Crippen LogP contribution is 2.22. The van der Waals surface area contributed by atoms with Crippen molar-refractivity contribution in [2.75, 3.05) is 11.1 Å². The summed E-state index contributed by atoms with van der Waals surface area (Å²) in [6, 6.07) is 12.0. The minimum Gasteiger partial charge on any atom is -0.342 e. The van der Waals surface area contributed by atoms with Crippen LogP contribution in [-0.4, -0.2) is 32.3 Å². The molecule has 2 amide bonds. The van der Waals surface area contributed by atoms with Crippen molar-refractivity contribution < 1.29 is 14.0 Å². The number of thioether (sulfide) groups is 1. The molecule has 166 valence electrons. The fourth-order valence-electron chi connectivity index (χ4n) is 2.85. The van der Waals surface area contributed by atoms with Crippen LogP contribution in [0.1, 0.15) is 29.1 Å². The van der Waals surface area contributed by atoms with Crippen molar-refractivity contribution in [3.63, 3.8) is 0 Å². The number of hydrogen-bond acceptors (Lipinski definition) is 5. The molecule has 1 atom stereocenters. The van der Waals surface area contributed by atoms with E-state index in [1.165, 1.54) is 12.1 Å². The first-order valence-corrected chi connectivity index (χ1v) is 11.0. The summed E-state index contributed by atoms with van der Waals surface area (Å²) in [6.07, 6.45) is 1.67. The number of anilines is 1. The van der Waals surface area contributed by atoms with Crippen LogP contribution in [0.5, 0.6) is 0 Å². The van der Waals surface area contributed by atoms with E-state index in [9.17, 15) is 14.0 Å². The lowest BCUT2D eigenvalue weighted by Crippen LogP contribution is -2.28. The number of nitrogens with one attached hydrogen (secondary N) is 2. The molecule has 0 bridgehead atoms. The SMILES string of the molecule is C=CCn1c(SCC(=O)Nc2ccccc2F)nnc1[C@@H](C)NC(=O)c1ccc(Cl)cc1. The van der Waals surface area contributed by atoms with Crippen molar-refractivity contribution >= 4 is 40.9 Å². The van der Waals surface area contributed by atoms with Crippen LogP contribution in [0.4, 0.5) is 10.1 Å². The third-order valence-electron chi connectivity index (χ3n) is 4.38. The van der Waals surface area contributed by atoms with Crippen molar-refractivity contribution in [2.45, 2.75) is 24.7 Å². The molecule has 7 nitrogen and oxygen atoms in total. The smallest absolute Gasteiger partial charge is 0.251 e. The zero-order chi connectivity index (χ0) is 23.1. The number of benzene rings is 2. The Kier molecular flexibility index (Phi) is 8.02. The van der Waals surface area contributed by atoms with Gasteiger partial charge in [-0.2, -0.15) is 0 Å². The van der Waals surface area contributed by atoms with Gasteiger partial charge in [-0.1, -0.05) is 41.6 Å². The van der Waals surface area contributed by atoms with E-state index >= 15 is 0 Å². The molecular weight excluding hydrogens is 453 g/mol. The number of aromatic nitrogens is 3. The molecule has 0 saturated carbocycles. The van der Waals surface area contributed by atoms with E-state index in [-0.39, 0.29) is 23.3 Å². The lowest BCUT2D eigenvalue weighted by Gasteiger charge is -2.15. The Morgan fingerprint density at radius 3 is 2.62 bits per heavy atom. The number of carbonyl (C=O) groups is 2. The van der Waals surface area contributed by atoms with Crippen LogP contribution >= 0.6 is 23.4 Å². The van der Waals surface area contributed by atoms with Crippen LogP contribution < -0.4 is 10.6 Å². The first-order valence-electron chi connectivity index (χ1n) is 9.66. The van der Waals surface area contributed by atoms with Crippen LogP contribution in [-0.2, 0) is 11.3 Å². The van der Waals surface area contributed by atoms with Gasteiger partial charge in [0, 0.05) is 17.1 Å². The third-order valence-corrected chi connectivity index (χ3v) is 5.60. The Labute approximate surface area is 194 Å². The highest BCUT2D eigenvalue weighted by atomic mass is 35.5. The molecular formula is C22H21ClFN5O2S. The Balaban J connectivity index is 1.66. The van der Waals surface area contributed by atoms with Gasteiger partial charge in [0.1, 0.15) is 5.82 Å². The number of hydrogen-bond donors (Lipinski definition) is 2. The molecule has 0 aliphatic carbocycles. The molecule has 1 aromatic heterocycles. The maximum Gasteiger partial charge on any atom is 0.251 e. The van der Waals surface area contributed by atoms with Crippen LogP contribution in [0.3, 0.4) is 0 Å². The summed E-state index contributed by atoms with van der Waals surface area (Å²) < 4.78 is 15.5. The van der Waals surface area contributed by atoms with Crippen LogP contribution in [0.2, 0.25) is 5.02 Å². The molecule has 3 rings (SSSR count). The van der Waals surface area contributed by atoms with Crippen LogP contribution in [0.15, 0.2) is 66.3 Å². The van der Waals surface area contributed by atoms with Crippen molar-refractivity contribution in [1.29, 1.82) is 0 Å². The second-order valence-corrected chi connectivity index (χ2v) is 8.14. The quantitative estimate of drug-likeness (QED) is 0.353. The first-order chi connectivity index (χ1) is 15.4. The Morgan fingerprint density at radius 2 is 1.94 bits per heavy atom. The third kappa shape index (κ3) is 5.95. The second-order valence-electron chi connectivity index (χ2n) is 6.76.